The number of aliphatic hydroxyl groups excluding tert-OH is 1. The van der Waals surface area contributed by atoms with Crippen molar-refractivity contribution in [3.05, 3.63) is 36.5 Å². The lowest BCUT2D eigenvalue weighted by molar-refractivity contribution is -0.870. The maximum absolute atomic E-state index is 13.1. The van der Waals surface area contributed by atoms with Crippen LogP contribution in [0.25, 0.3) is 0 Å². The molecule has 2 N–H and O–H groups in total. The molecule has 9 heteroatoms. The molecule has 0 aromatic rings. The molecule has 0 fully saturated rings. The van der Waals surface area contributed by atoms with Crippen LogP contribution >= 0.6 is 7.82 Å². The van der Waals surface area contributed by atoms with Gasteiger partial charge in [-0.1, -0.05) is 391 Å². The quantitative estimate of drug-likeness (QED) is 0.0272. The molecule has 0 spiro atoms. The standard InChI is InChI=1S/C80H157N2O6P/c1-6-8-10-12-14-16-18-20-22-24-26-28-30-32-34-35-36-37-38-39-40-41-42-43-44-45-46-47-48-50-52-54-56-58-60-62-64-66-68-70-72-74-80(84)81-78(77-88-89(85,86)87-76-75-82(3,4)5)79(83)73-71-69-67-65-63-61-59-57-55-53-51-49-33-31-29-27-25-23-21-19-17-15-13-11-9-7-2/h24,26,63,65,71,73,78-79,83H,6-23,25,27-62,64,66-70,72,74-77H2,1-5H3,(H-,81,84,85,86)/b26-24-,65-63+,73-71+. The molecule has 8 nitrogen and oxygen atoms in total. The van der Waals surface area contributed by atoms with E-state index < -0.39 is 20.0 Å². The fourth-order valence-electron chi connectivity index (χ4n) is 12.4. The molecule has 3 atom stereocenters. The van der Waals surface area contributed by atoms with E-state index in [0.29, 0.717) is 17.4 Å². The Labute approximate surface area is 557 Å². The molecule has 0 aromatic heterocycles. The van der Waals surface area contributed by atoms with Crippen molar-refractivity contribution in [3.8, 4) is 0 Å². The number of amides is 1. The molecule has 528 valence electrons. The van der Waals surface area contributed by atoms with E-state index in [0.717, 1.165) is 38.5 Å². The number of carbonyl (C=O) groups is 1. The van der Waals surface area contributed by atoms with Gasteiger partial charge in [0.2, 0.25) is 5.91 Å². The summed E-state index contributed by atoms with van der Waals surface area (Å²) in [6.45, 7) is 4.70. The van der Waals surface area contributed by atoms with E-state index in [9.17, 15) is 19.4 Å². The highest BCUT2D eigenvalue weighted by atomic mass is 31.2. The van der Waals surface area contributed by atoms with Gasteiger partial charge in [0, 0.05) is 6.42 Å². The molecule has 0 aliphatic rings. The zero-order chi connectivity index (χ0) is 64.8. The molecule has 89 heavy (non-hydrogen) atoms. The number of nitrogens with zero attached hydrogens (tertiary/aromatic N) is 1. The van der Waals surface area contributed by atoms with Crippen molar-refractivity contribution in [1.29, 1.82) is 0 Å². The van der Waals surface area contributed by atoms with E-state index in [4.69, 9.17) is 9.05 Å². The molecule has 0 saturated carbocycles. The Kier molecular flexibility index (Phi) is 70.0. The summed E-state index contributed by atoms with van der Waals surface area (Å²) in [5.41, 5.74) is 0. The van der Waals surface area contributed by atoms with Crippen LogP contribution in [0.2, 0.25) is 0 Å². The lowest BCUT2D eigenvalue weighted by Crippen LogP contribution is -2.45. The van der Waals surface area contributed by atoms with Gasteiger partial charge in [-0.2, -0.15) is 0 Å². The van der Waals surface area contributed by atoms with Crippen LogP contribution in [0.1, 0.15) is 418 Å². The predicted octanol–water partition coefficient (Wildman–Crippen LogP) is 25.3. The van der Waals surface area contributed by atoms with Crippen molar-refractivity contribution in [3.63, 3.8) is 0 Å². The summed E-state index contributed by atoms with van der Waals surface area (Å²) in [7, 11) is 1.26. The average molecular weight is 1270 g/mol. The number of aliphatic hydroxyl groups is 1. The van der Waals surface area contributed by atoms with Crippen LogP contribution in [0, 0.1) is 0 Å². The minimum atomic E-state index is -4.61. The zero-order valence-corrected chi connectivity index (χ0v) is 61.6. The monoisotopic (exact) mass is 1270 g/mol. The Hall–Kier alpha value is -1.28. The molecule has 3 unspecified atom stereocenters. The molecule has 0 heterocycles. The Morgan fingerprint density at radius 1 is 0.382 bits per heavy atom. The van der Waals surface area contributed by atoms with Crippen molar-refractivity contribution in [2.45, 2.75) is 431 Å². The number of hydrogen-bond donors (Lipinski definition) is 2. The van der Waals surface area contributed by atoms with Gasteiger partial charge in [0.05, 0.1) is 39.9 Å². The number of phosphoric acid groups is 1. The first-order valence-electron chi connectivity index (χ1n) is 39.9. The minimum absolute atomic E-state index is 0.00391. The van der Waals surface area contributed by atoms with Gasteiger partial charge in [-0.25, -0.2) is 0 Å². The Bertz CT molecular complexity index is 1550. The maximum atomic E-state index is 13.1. The number of phosphoric ester groups is 1. The molecular weight excluding hydrogens is 1120 g/mol. The Morgan fingerprint density at radius 3 is 0.910 bits per heavy atom. The maximum Gasteiger partial charge on any atom is 0.268 e. The number of allylic oxidation sites excluding steroid dienone is 5. The van der Waals surface area contributed by atoms with Crippen LogP contribution in [-0.2, 0) is 18.4 Å². The van der Waals surface area contributed by atoms with Crippen LogP contribution in [-0.4, -0.2) is 68.5 Å². The molecular formula is C80H157N2O6P. The highest BCUT2D eigenvalue weighted by molar-refractivity contribution is 7.45. The van der Waals surface area contributed by atoms with Gasteiger partial charge in [-0.05, 0) is 57.8 Å². The van der Waals surface area contributed by atoms with Crippen molar-refractivity contribution < 1.29 is 32.9 Å². The van der Waals surface area contributed by atoms with Gasteiger partial charge in [-0.15, -0.1) is 0 Å². The van der Waals surface area contributed by atoms with Gasteiger partial charge in [-0.3, -0.25) is 9.36 Å². The number of nitrogens with one attached hydrogen (secondary N) is 1. The lowest BCUT2D eigenvalue weighted by Gasteiger charge is -2.29. The summed E-state index contributed by atoms with van der Waals surface area (Å²) in [6, 6.07) is -0.903. The molecule has 0 aromatic carbocycles. The van der Waals surface area contributed by atoms with E-state index >= 15 is 0 Å². The van der Waals surface area contributed by atoms with E-state index in [1.54, 1.807) is 6.08 Å². The molecule has 0 bridgehead atoms. The van der Waals surface area contributed by atoms with Gasteiger partial charge in [0.1, 0.15) is 13.2 Å². The van der Waals surface area contributed by atoms with Crippen LogP contribution < -0.4 is 10.2 Å². The summed E-state index contributed by atoms with van der Waals surface area (Å²) >= 11 is 0. The van der Waals surface area contributed by atoms with E-state index in [2.05, 4.69) is 43.5 Å². The number of rotatable bonds is 75. The van der Waals surface area contributed by atoms with Gasteiger partial charge >= 0.3 is 0 Å². The molecule has 1 amide bonds. The third-order valence-corrected chi connectivity index (χ3v) is 19.5. The third-order valence-electron chi connectivity index (χ3n) is 18.6. The molecule has 0 aliphatic heterocycles. The zero-order valence-electron chi connectivity index (χ0n) is 60.7. The third kappa shape index (κ3) is 74.0. The summed E-state index contributed by atoms with van der Waals surface area (Å²) in [5.74, 6) is -0.198. The van der Waals surface area contributed by atoms with E-state index in [-0.39, 0.29) is 19.1 Å². The number of quaternary nitrogens is 1. The first-order chi connectivity index (χ1) is 43.5. The molecule has 0 radical (unpaired) electrons. The fourth-order valence-corrected chi connectivity index (χ4v) is 13.1. The van der Waals surface area contributed by atoms with Crippen molar-refractivity contribution >= 4 is 13.7 Å². The van der Waals surface area contributed by atoms with Gasteiger partial charge < -0.3 is 28.8 Å². The van der Waals surface area contributed by atoms with Crippen LogP contribution in [0.4, 0.5) is 0 Å². The fraction of sp³-hybridized carbons (Fsp3) is 0.912. The normalized spacial score (nSPS) is 13.7. The van der Waals surface area contributed by atoms with Crippen LogP contribution in [0.5, 0.6) is 0 Å². The molecule has 0 rings (SSSR count). The molecule has 0 saturated heterocycles. The van der Waals surface area contributed by atoms with Crippen molar-refractivity contribution in [2.75, 3.05) is 40.9 Å². The predicted molar refractivity (Wildman–Crippen MR) is 390 cm³/mol. The first kappa shape index (κ1) is 87.7. The summed E-state index contributed by atoms with van der Waals surface area (Å²) < 4.78 is 23.5. The number of carbonyl (C=O) groups excluding carboxylic acids is 1. The Balaban J connectivity index is 3.92. The highest BCUT2D eigenvalue weighted by Gasteiger charge is 2.23. The van der Waals surface area contributed by atoms with Crippen molar-refractivity contribution in [1.82, 2.24) is 5.32 Å². The lowest BCUT2D eigenvalue weighted by atomic mass is 10.0. The first-order valence-corrected chi connectivity index (χ1v) is 41.3. The summed E-state index contributed by atoms with van der Waals surface area (Å²) in [4.78, 5) is 25.7. The number of hydrogen-bond acceptors (Lipinski definition) is 6. The summed E-state index contributed by atoms with van der Waals surface area (Å²) in [6.07, 6.45) is 96.1. The topological polar surface area (TPSA) is 108 Å². The van der Waals surface area contributed by atoms with E-state index in [1.807, 2.05) is 27.2 Å². The smallest absolute Gasteiger partial charge is 0.268 e. The second-order valence-electron chi connectivity index (χ2n) is 28.8. The summed E-state index contributed by atoms with van der Waals surface area (Å²) in [5, 5.41) is 14.0. The Morgan fingerprint density at radius 2 is 0.629 bits per heavy atom. The van der Waals surface area contributed by atoms with Crippen LogP contribution in [0.3, 0.4) is 0 Å². The average Bonchev–Trinajstić information content (AvgIpc) is 3.61. The largest absolute Gasteiger partial charge is 0.756 e. The molecule has 0 aliphatic carbocycles. The minimum Gasteiger partial charge on any atom is -0.756 e. The highest BCUT2D eigenvalue weighted by Crippen LogP contribution is 2.38. The van der Waals surface area contributed by atoms with Gasteiger partial charge in [0.25, 0.3) is 7.82 Å². The van der Waals surface area contributed by atoms with Crippen molar-refractivity contribution in [2.24, 2.45) is 0 Å². The van der Waals surface area contributed by atoms with Gasteiger partial charge in [0.15, 0.2) is 0 Å². The number of likely N-dealkylation sites (N-methyl/N-ethyl adjacent to an activating group) is 1. The number of unbranched alkanes of at least 4 members (excludes halogenated alkanes) is 58. The second-order valence-corrected chi connectivity index (χ2v) is 30.2. The van der Waals surface area contributed by atoms with E-state index in [1.165, 1.54) is 360 Å². The SMILES string of the molecule is CCCCCCCCCC/C=C\CCCCCCCCCCCCCCCCCCCCCCCCCCCCCCCC(=O)NC(COP(=O)([O-])OCC[N+](C)(C)C)C(O)/C=C/CC/C=C/CCCCCCCCCCCCCCCCCCCCCC. The van der Waals surface area contributed by atoms with Crippen LogP contribution in [0.15, 0.2) is 36.5 Å². The second kappa shape index (κ2) is 71.0.